The van der Waals surface area contributed by atoms with Crippen LogP contribution in [0.2, 0.25) is 0 Å². The van der Waals surface area contributed by atoms with E-state index in [9.17, 15) is 8.42 Å². The summed E-state index contributed by atoms with van der Waals surface area (Å²) >= 11 is 0. The van der Waals surface area contributed by atoms with E-state index in [2.05, 4.69) is 0 Å². The molecule has 1 fully saturated rings. The first-order valence-electron chi connectivity index (χ1n) is 4.17. The molecule has 1 aliphatic rings. The van der Waals surface area contributed by atoms with E-state index in [4.69, 9.17) is 5.14 Å². The van der Waals surface area contributed by atoms with Gasteiger partial charge in [-0.3, -0.25) is 0 Å². The van der Waals surface area contributed by atoms with Gasteiger partial charge in [0.2, 0.25) is 0 Å². The normalized spacial score (nSPS) is 33.6. The van der Waals surface area contributed by atoms with E-state index in [1.807, 2.05) is 13.8 Å². The van der Waals surface area contributed by atoms with Crippen molar-refractivity contribution in [2.75, 3.05) is 13.1 Å². The van der Waals surface area contributed by atoms with E-state index in [0.717, 1.165) is 6.42 Å². The van der Waals surface area contributed by atoms with Crippen LogP contribution >= 0.6 is 0 Å². The van der Waals surface area contributed by atoms with Crippen molar-refractivity contribution in [2.45, 2.75) is 20.3 Å². The minimum absolute atomic E-state index is 0.423. The fourth-order valence-corrected chi connectivity index (χ4v) is 2.74. The summed E-state index contributed by atoms with van der Waals surface area (Å²) < 4.78 is 23.3. The van der Waals surface area contributed by atoms with E-state index in [1.54, 1.807) is 0 Å². The zero-order chi connectivity index (χ0) is 9.35. The van der Waals surface area contributed by atoms with Crippen LogP contribution in [0.1, 0.15) is 20.3 Å². The average molecular weight is 192 g/mol. The van der Waals surface area contributed by atoms with Crippen LogP contribution in [0.3, 0.4) is 0 Å². The third-order valence-electron chi connectivity index (χ3n) is 2.20. The molecule has 0 saturated carbocycles. The summed E-state index contributed by atoms with van der Waals surface area (Å²) in [6.07, 6.45) is 1.09. The van der Waals surface area contributed by atoms with Gasteiger partial charge in [0.05, 0.1) is 0 Å². The maximum absolute atomic E-state index is 11.0. The van der Waals surface area contributed by atoms with E-state index < -0.39 is 10.2 Å². The van der Waals surface area contributed by atoms with Crippen molar-refractivity contribution in [1.82, 2.24) is 4.31 Å². The smallest absolute Gasteiger partial charge is 0.216 e. The number of nitrogens with two attached hydrogens (primary N) is 1. The van der Waals surface area contributed by atoms with E-state index >= 15 is 0 Å². The lowest BCUT2D eigenvalue weighted by atomic mass is 9.94. The molecule has 2 atom stereocenters. The Balaban J connectivity index is 2.68. The molecule has 4 nitrogen and oxygen atoms in total. The first-order valence-corrected chi connectivity index (χ1v) is 5.67. The van der Waals surface area contributed by atoms with Crippen LogP contribution in [0.5, 0.6) is 0 Å². The van der Waals surface area contributed by atoms with Gasteiger partial charge in [-0.1, -0.05) is 13.8 Å². The van der Waals surface area contributed by atoms with E-state index in [1.165, 1.54) is 4.31 Å². The first kappa shape index (κ1) is 9.95. The largest absolute Gasteiger partial charge is 0.276 e. The SMILES string of the molecule is CC1CC(C)CN(S(N)(=O)=O)C1. The van der Waals surface area contributed by atoms with Gasteiger partial charge in [0.15, 0.2) is 0 Å². The molecule has 0 amide bonds. The van der Waals surface area contributed by atoms with Crippen molar-refractivity contribution in [3.63, 3.8) is 0 Å². The Kier molecular flexibility index (Phi) is 2.75. The van der Waals surface area contributed by atoms with Gasteiger partial charge < -0.3 is 0 Å². The molecule has 0 bridgehead atoms. The lowest BCUT2D eigenvalue weighted by molar-refractivity contribution is 0.222. The number of piperidine rings is 1. The predicted molar refractivity (Wildman–Crippen MR) is 47.6 cm³/mol. The van der Waals surface area contributed by atoms with Gasteiger partial charge in [-0.2, -0.15) is 12.7 Å². The minimum Gasteiger partial charge on any atom is -0.216 e. The highest BCUT2D eigenvalue weighted by Crippen LogP contribution is 2.21. The number of hydrogen-bond acceptors (Lipinski definition) is 2. The zero-order valence-corrected chi connectivity index (χ0v) is 8.34. The summed E-state index contributed by atoms with van der Waals surface area (Å²) in [7, 11) is -3.46. The third-order valence-corrected chi connectivity index (χ3v) is 3.21. The summed E-state index contributed by atoms with van der Waals surface area (Å²) in [5.41, 5.74) is 0. The second-order valence-electron chi connectivity index (χ2n) is 3.81. The molecule has 1 heterocycles. The number of hydrogen-bond donors (Lipinski definition) is 1. The fraction of sp³-hybridized carbons (Fsp3) is 1.00. The molecule has 0 spiro atoms. The molecule has 2 N–H and O–H groups in total. The molecule has 0 aliphatic carbocycles. The summed E-state index contributed by atoms with van der Waals surface area (Å²) in [6.45, 7) is 5.24. The van der Waals surface area contributed by atoms with Crippen LogP contribution in [-0.4, -0.2) is 25.8 Å². The Morgan fingerprint density at radius 1 is 1.25 bits per heavy atom. The molecule has 0 aromatic rings. The van der Waals surface area contributed by atoms with Crippen molar-refractivity contribution >= 4 is 10.2 Å². The summed E-state index contributed by atoms with van der Waals surface area (Å²) in [5.74, 6) is 0.846. The van der Waals surface area contributed by atoms with Crippen molar-refractivity contribution in [3.8, 4) is 0 Å². The predicted octanol–water partition coefficient (Wildman–Crippen LogP) is 0.168. The molecule has 0 aromatic carbocycles. The molecule has 5 heteroatoms. The van der Waals surface area contributed by atoms with Crippen molar-refractivity contribution in [3.05, 3.63) is 0 Å². The maximum atomic E-state index is 11.0. The summed E-state index contributed by atoms with van der Waals surface area (Å²) in [6, 6.07) is 0. The monoisotopic (exact) mass is 192 g/mol. The molecule has 0 aromatic heterocycles. The summed E-state index contributed by atoms with van der Waals surface area (Å²) in [4.78, 5) is 0. The van der Waals surface area contributed by atoms with Gasteiger partial charge in [-0.25, -0.2) is 5.14 Å². The van der Waals surface area contributed by atoms with E-state index in [0.29, 0.717) is 24.9 Å². The topological polar surface area (TPSA) is 63.4 Å². The Morgan fingerprint density at radius 3 is 2.00 bits per heavy atom. The van der Waals surface area contributed by atoms with Crippen LogP contribution in [0.25, 0.3) is 0 Å². The molecular weight excluding hydrogens is 176 g/mol. The highest BCUT2D eigenvalue weighted by atomic mass is 32.2. The quantitative estimate of drug-likeness (QED) is 0.643. The average Bonchev–Trinajstić information content (AvgIpc) is 1.82. The highest BCUT2D eigenvalue weighted by Gasteiger charge is 2.27. The van der Waals surface area contributed by atoms with Crippen molar-refractivity contribution in [1.29, 1.82) is 0 Å². The van der Waals surface area contributed by atoms with Gasteiger partial charge in [-0.15, -0.1) is 0 Å². The van der Waals surface area contributed by atoms with Crippen molar-refractivity contribution in [2.24, 2.45) is 17.0 Å². The van der Waals surface area contributed by atoms with Crippen LogP contribution in [0.4, 0.5) is 0 Å². The Morgan fingerprint density at radius 2 is 1.67 bits per heavy atom. The van der Waals surface area contributed by atoms with Gasteiger partial charge in [0, 0.05) is 13.1 Å². The second-order valence-corrected chi connectivity index (χ2v) is 5.35. The third kappa shape index (κ3) is 2.43. The second kappa shape index (κ2) is 3.32. The Labute approximate surface area is 73.9 Å². The van der Waals surface area contributed by atoms with Crippen molar-refractivity contribution < 1.29 is 8.42 Å². The summed E-state index contributed by atoms with van der Waals surface area (Å²) in [5, 5.41) is 5.03. The van der Waals surface area contributed by atoms with Gasteiger partial charge >= 0.3 is 0 Å². The van der Waals surface area contributed by atoms with Crippen LogP contribution in [-0.2, 0) is 10.2 Å². The molecule has 72 valence electrons. The molecule has 1 aliphatic heterocycles. The van der Waals surface area contributed by atoms with Gasteiger partial charge in [-0.05, 0) is 18.3 Å². The first-order chi connectivity index (χ1) is 5.39. The lowest BCUT2D eigenvalue weighted by Gasteiger charge is -2.32. The minimum atomic E-state index is -3.46. The fourth-order valence-electron chi connectivity index (χ4n) is 1.81. The Hall–Kier alpha value is -0.130. The number of nitrogens with zero attached hydrogens (tertiary/aromatic N) is 1. The van der Waals surface area contributed by atoms with E-state index in [-0.39, 0.29) is 0 Å². The maximum Gasteiger partial charge on any atom is 0.276 e. The van der Waals surface area contributed by atoms with Gasteiger partial charge in [0.1, 0.15) is 0 Å². The van der Waals surface area contributed by atoms with Crippen LogP contribution in [0.15, 0.2) is 0 Å². The molecular formula is C7H16N2O2S. The lowest BCUT2D eigenvalue weighted by Crippen LogP contribution is -2.45. The molecule has 0 radical (unpaired) electrons. The zero-order valence-electron chi connectivity index (χ0n) is 7.53. The molecule has 1 saturated heterocycles. The standard InChI is InChI=1S/C7H16N2O2S/c1-6-3-7(2)5-9(4-6)12(8,10)11/h6-7H,3-5H2,1-2H3,(H2,8,10,11). The highest BCUT2D eigenvalue weighted by molar-refractivity contribution is 7.86. The molecule has 1 rings (SSSR count). The Bertz CT molecular complexity index is 240. The van der Waals surface area contributed by atoms with Crippen LogP contribution in [0, 0.1) is 11.8 Å². The molecule has 12 heavy (non-hydrogen) atoms. The van der Waals surface area contributed by atoms with Gasteiger partial charge in [0.25, 0.3) is 10.2 Å². The molecule has 2 unspecified atom stereocenters. The number of rotatable bonds is 1. The van der Waals surface area contributed by atoms with Crippen LogP contribution < -0.4 is 5.14 Å².